The Kier molecular flexibility index (Phi) is 4.16. The average Bonchev–Trinajstić information content (AvgIpc) is 3.18. The van der Waals surface area contributed by atoms with Crippen LogP contribution in [-0.2, 0) is 24.2 Å². The summed E-state index contributed by atoms with van der Waals surface area (Å²) >= 11 is 1.64. The molecule has 1 aliphatic heterocycles. The molecule has 128 valence electrons. The van der Waals surface area contributed by atoms with E-state index in [0.717, 1.165) is 55.3 Å². The van der Waals surface area contributed by atoms with Gasteiger partial charge in [-0.25, -0.2) is 4.98 Å². The summed E-state index contributed by atoms with van der Waals surface area (Å²) in [5.41, 5.74) is 1.14. The van der Waals surface area contributed by atoms with E-state index in [2.05, 4.69) is 11.9 Å². The molecule has 0 aromatic carbocycles. The maximum absolute atomic E-state index is 12.9. The standard InChI is InChI=1S/C18H23N3O2S/c1-2-12-6-3-4-9-21(12)15(22)10-20-11-19-17-16(18(20)23)13-7-5-8-14(13)24-17/h11-12H,2-10H2,1H3. The molecule has 1 aliphatic carbocycles. The Bertz CT molecular complexity index is 839. The van der Waals surface area contributed by atoms with E-state index in [1.807, 2.05) is 4.90 Å². The minimum absolute atomic E-state index is 0.0437. The number of fused-ring (bicyclic) bond motifs is 3. The minimum atomic E-state index is -0.0437. The summed E-state index contributed by atoms with van der Waals surface area (Å²) in [4.78, 5) is 34.2. The monoisotopic (exact) mass is 345 g/mol. The summed E-state index contributed by atoms with van der Waals surface area (Å²) in [7, 11) is 0. The zero-order chi connectivity index (χ0) is 16.7. The Morgan fingerprint density at radius 1 is 1.33 bits per heavy atom. The van der Waals surface area contributed by atoms with Crippen molar-refractivity contribution in [3.05, 3.63) is 27.1 Å². The van der Waals surface area contributed by atoms with Gasteiger partial charge in [-0.2, -0.15) is 0 Å². The van der Waals surface area contributed by atoms with Gasteiger partial charge in [-0.15, -0.1) is 11.3 Å². The Labute approximate surface area is 145 Å². The van der Waals surface area contributed by atoms with Gasteiger partial charge < -0.3 is 4.90 Å². The molecule has 24 heavy (non-hydrogen) atoms. The normalized spacial score (nSPS) is 20.5. The first-order valence-corrected chi connectivity index (χ1v) is 9.80. The van der Waals surface area contributed by atoms with Crippen LogP contribution in [0.5, 0.6) is 0 Å². The SMILES string of the molecule is CCC1CCCCN1C(=O)Cn1cnc2sc3c(c2c1=O)CCC3. The van der Waals surface area contributed by atoms with Crippen molar-refractivity contribution in [1.82, 2.24) is 14.5 Å². The van der Waals surface area contributed by atoms with Crippen LogP contribution in [0, 0.1) is 0 Å². The van der Waals surface area contributed by atoms with Gasteiger partial charge >= 0.3 is 0 Å². The number of hydrogen-bond acceptors (Lipinski definition) is 4. The summed E-state index contributed by atoms with van der Waals surface area (Å²) in [5, 5.41) is 0.758. The molecule has 0 radical (unpaired) electrons. The summed E-state index contributed by atoms with van der Waals surface area (Å²) in [6.45, 7) is 3.06. The molecule has 2 aromatic rings. The van der Waals surface area contributed by atoms with Crippen LogP contribution < -0.4 is 5.56 Å². The predicted molar refractivity (Wildman–Crippen MR) is 95.5 cm³/mol. The van der Waals surface area contributed by atoms with Gasteiger partial charge in [0.1, 0.15) is 11.4 Å². The van der Waals surface area contributed by atoms with Crippen LogP contribution >= 0.6 is 11.3 Å². The molecular formula is C18H23N3O2S. The summed E-state index contributed by atoms with van der Waals surface area (Å²) in [6, 6.07) is 0.323. The van der Waals surface area contributed by atoms with Gasteiger partial charge in [0.05, 0.1) is 11.7 Å². The largest absolute Gasteiger partial charge is 0.338 e. The van der Waals surface area contributed by atoms with E-state index in [0.29, 0.717) is 6.04 Å². The fourth-order valence-electron chi connectivity index (χ4n) is 4.12. The Hall–Kier alpha value is -1.69. The van der Waals surface area contributed by atoms with Gasteiger partial charge in [0.25, 0.3) is 5.56 Å². The van der Waals surface area contributed by atoms with Crippen molar-refractivity contribution in [1.29, 1.82) is 0 Å². The maximum Gasteiger partial charge on any atom is 0.262 e. The van der Waals surface area contributed by atoms with Gasteiger partial charge in [0.15, 0.2) is 0 Å². The highest BCUT2D eigenvalue weighted by Crippen LogP contribution is 2.34. The lowest BCUT2D eigenvalue weighted by Gasteiger charge is -2.35. The first-order chi connectivity index (χ1) is 11.7. The third-order valence-corrected chi connectivity index (χ3v) is 6.62. The van der Waals surface area contributed by atoms with E-state index in [9.17, 15) is 9.59 Å². The van der Waals surface area contributed by atoms with Crippen molar-refractivity contribution in [2.24, 2.45) is 0 Å². The molecule has 0 saturated carbocycles. The molecule has 2 aromatic heterocycles. The number of hydrogen-bond donors (Lipinski definition) is 0. The number of amides is 1. The number of carbonyl (C=O) groups excluding carboxylic acids is 1. The number of thiophene rings is 1. The van der Waals surface area contributed by atoms with E-state index < -0.39 is 0 Å². The number of rotatable bonds is 3. The number of aromatic nitrogens is 2. The molecule has 0 spiro atoms. The number of piperidine rings is 1. The molecule has 5 nitrogen and oxygen atoms in total. The van der Waals surface area contributed by atoms with Crippen molar-refractivity contribution in [2.75, 3.05) is 6.54 Å². The first-order valence-electron chi connectivity index (χ1n) is 8.98. The van der Waals surface area contributed by atoms with Crippen LogP contribution in [-0.4, -0.2) is 32.9 Å². The van der Waals surface area contributed by atoms with Gasteiger partial charge in [0, 0.05) is 17.5 Å². The fourth-order valence-corrected chi connectivity index (χ4v) is 5.34. The Morgan fingerprint density at radius 3 is 3.04 bits per heavy atom. The van der Waals surface area contributed by atoms with E-state index in [1.54, 1.807) is 17.7 Å². The number of aryl methyl sites for hydroxylation is 2. The quantitative estimate of drug-likeness (QED) is 0.859. The van der Waals surface area contributed by atoms with E-state index in [4.69, 9.17) is 0 Å². The van der Waals surface area contributed by atoms with Gasteiger partial charge in [0.2, 0.25) is 5.91 Å². The highest BCUT2D eigenvalue weighted by molar-refractivity contribution is 7.18. The van der Waals surface area contributed by atoms with Crippen LogP contribution in [0.4, 0.5) is 0 Å². The summed E-state index contributed by atoms with van der Waals surface area (Å²) in [6.07, 6.45) is 9.01. The van der Waals surface area contributed by atoms with Crippen molar-refractivity contribution >= 4 is 27.5 Å². The smallest absolute Gasteiger partial charge is 0.262 e. The second-order valence-electron chi connectivity index (χ2n) is 6.86. The Morgan fingerprint density at radius 2 is 2.21 bits per heavy atom. The molecule has 6 heteroatoms. The number of carbonyl (C=O) groups is 1. The number of nitrogens with zero attached hydrogens (tertiary/aromatic N) is 3. The van der Waals surface area contributed by atoms with Crippen molar-refractivity contribution < 1.29 is 4.79 Å². The highest BCUT2D eigenvalue weighted by Gasteiger charge is 2.26. The van der Waals surface area contributed by atoms with Crippen molar-refractivity contribution in [3.63, 3.8) is 0 Å². The molecule has 1 unspecified atom stereocenters. The minimum Gasteiger partial charge on any atom is -0.338 e. The van der Waals surface area contributed by atoms with Gasteiger partial charge in [-0.3, -0.25) is 14.2 Å². The zero-order valence-corrected chi connectivity index (χ0v) is 14.9. The van der Waals surface area contributed by atoms with E-state index in [-0.39, 0.29) is 18.0 Å². The molecule has 0 bridgehead atoms. The second kappa shape index (κ2) is 6.31. The lowest BCUT2D eigenvalue weighted by molar-refractivity contribution is -0.135. The molecular weight excluding hydrogens is 322 g/mol. The molecule has 1 amide bonds. The van der Waals surface area contributed by atoms with Crippen molar-refractivity contribution in [2.45, 2.75) is 64.5 Å². The van der Waals surface area contributed by atoms with E-state index >= 15 is 0 Å². The molecule has 1 fully saturated rings. The van der Waals surface area contributed by atoms with Crippen molar-refractivity contribution in [3.8, 4) is 0 Å². The summed E-state index contributed by atoms with van der Waals surface area (Å²) in [5.74, 6) is 0.0525. The predicted octanol–water partition coefficient (Wildman–Crippen LogP) is 2.74. The highest BCUT2D eigenvalue weighted by atomic mass is 32.1. The first kappa shape index (κ1) is 15.8. The van der Waals surface area contributed by atoms with Gasteiger partial charge in [-0.05, 0) is 50.5 Å². The van der Waals surface area contributed by atoms with Crippen LogP contribution in [0.25, 0.3) is 10.2 Å². The van der Waals surface area contributed by atoms with Crippen LogP contribution in [0.2, 0.25) is 0 Å². The topological polar surface area (TPSA) is 55.2 Å². The average molecular weight is 345 g/mol. The molecule has 1 saturated heterocycles. The van der Waals surface area contributed by atoms with E-state index in [1.165, 1.54) is 21.4 Å². The molecule has 2 aliphatic rings. The molecule has 4 rings (SSSR count). The zero-order valence-electron chi connectivity index (χ0n) is 14.1. The summed E-state index contributed by atoms with van der Waals surface area (Å²) < 4.78 is 1.51. The maximum atomic E-state index is 12.9. The lowest BCUT2D eigenvalue weighted by atomic mass is 10.00. The molecule has 1 atom stereocenters. The van der Waals surface area contributed by atoms with Crippen LogP contribution in [0.15, 0.2) is 11.1 Å². The van der Waals surface area contributed by atoms with Gasteiger partial charge in [-0.1, -0.05) is 6.92 Å². The molecule has 3 heterocycles. The third kappa shape index (κ3) is 2.57. The second-order valence-corrected chi connectivity index (χ2v) is 7.94. The third-order valence-electron chi connectivity index (χ3n) is 5.42. The van der Waals surface area contributed by atoms with Crippen LogP contribution in [0.3, 0.4) is 0 Å². The molecule has 0 N–H and O–H groups in total. The fraction of sp³-hybridized carbons (Fsp3) is 0.611. The Balaban J connectivity index is 1.64. The van der Waals surface area contributed by atoms with Crippen LogP contribution in [0.1, 0.15) is 49.5 Å². The number of likely N-dealkylation sites (tertiary alicyclic amines) is 1. The lowest BCUT2D eigenvalue weighted by Crippen LogP contribution is -2.45.